The number of carboxylic acid groups (broad SMARTS) is 1. The molecule has 1 atom stereocenters. The van der Waals surface area contributed by atoms with E-state index in [1.165, 1.54) is 13.8 Å². The molecule has 0 radical (unpaired) electrons. The molecule has 0 aromatic rings. The van der Waals surface area contributed by atoms with Crippen molar-refractivity contribution in [2.45, 2.75) is 38.5 Å². The Morgan fingerprint density at radius 1 is 1.40 bits per heavy atom. The number of amides is 1. The van der Waals surface area contributed by atoms with Gasteiger partial charge in [-0.2, -0.15) is 0 Å². The van der Waals surface area contributed by atoms with E-state index in [4.69, 9.17) is 5.11 Å². The van der Waals surface area contributed by atoms with Crippen LogP contribution >= 0.6 is 0 Å². The van der Waals surface area contributed by atoms with E-state index in [1.54, 1.807) is 13.8 Å². The van der Waals surface area contributed by atoms with Crippen LogP contribution in [0.2, 0.25) is 0 Å². The lowest BCUT2D eigenvalue weighted by molar-refractivity contribution is -0.139. The van der Waals surface area contributed by atoms with Crippen LogP contribution in [0.15, 0.2) is 0 Å². The second-order valence-electron chi connectivity index (χ2n) is 4.03. The van der Waals surface area contributed by atoms with Gasteiger partial charge in [-0.05, 0) is 27.7 Å². The predicted molar refractivity (Wildman–Crippen MR) is 58.0 cm³/mol. The molecular weight excluding hydrogens is 218 g/mol. The van der Waals surface area contributed by atoms with Gasteiger partial charge in [0.25, 0.3) is 0 Å². The Hall–Kier alpha value is -0.910. The molecule has 0 heterocycles. The Labute approximate surface area is 91.7 Å². The lowest BCUT2D eigenvalue weighted by Crippen LogP contribution is -2.42. The highest BCUT2D eigenvalue weighted by atomic mass is 32.2. The molecule has 0 aliphatic heterocycles. The molecule has 5 nitrogen and oxygen atoms in total. The molecule has 0 saturated heterocycles. The minimum atomic E-state index is -1.72. The maximum absolute atomic E-state index is 11.6. The Morgan fingerprint density at radius 3 is 2.20 bits per heavy atom. The quantitative estimate of drug-likeness (QED) is 0.709. The van der Waals surface area contributed by atoms with Crippen LogP contribution in [0.3, 0.4) is 0 Å². The highest BCUT2D eigenvalue weighted by Gasteiger charge is 2.35. The van der Waals surface area contributed by atoms with E-state index in [0.29, 0.717) is 0 Å². The van der Waals surface area contributed by atoms with Crippen molar-refractivity contribution in [2.24, 2.45) is 0 Å². The van der Waals surface area contributed by atoms with Crippen molar-refractivity contribution in [3.8, 4) is 0 Å². The van der Waals surface area contributed by atoms with Crippen LogP contribution in [0.1, 0.15) is 27.7 Å². The Bertz CT molecular complexity index is 286. The summed E-state index contributed by atoms with van der Waals surface area (Å²) in [7, 11) is -1.72. The SMILES string of the molecule is CC(C)NC(=O)CS(=O)C(C)(C)C(=O)O. The molecule has 0 aliphatic carbocycles. The second kappa shape index (κ2) is 5.25. The lowest BCUT2D eigenvalue weighted by Gasteiger charge is -2.18. The van der Waals surface area contributed by atoms with Crippen molar-refractivity contribution in [1.82, 2.24) is 5.32 Å². The summed E-state index contributed by atoms with van der Waals surface area (Å²) in [5, 5.41) is 11.3. The van der Waals surface area contributed by atoms with Crippen LogP contribution in [0, 0.1) is 0 Å². The number of carbonyl (C=O) groups is 2. The van der Waals surface area contributed by atoms with E-state index in [2.05, 4.69) is 5.32 Å². The van der Waals surface area contributed by atoms with Gasteiger partial charge in [-0.3, -0.25) is 13.8 Å². The highest BCUT2D eigenvalue weighted by Crippen LogP contribution is 2.13. The van der Waals surface area contributed by atoms with E-state index >= 15 is 0 Å². The molecule has 0 rings (SSSR count). The smallest absolute Gasteiger partial charge is 0.321 e. The third-order valence-electron chi connectivity index (χ3n) is 1.80. The first-order valence-corrected chi connectivity index (χ1v) is 5.91. The van der Waals surface area contributed by atoms with Gasteiger partial charge in [0.05, 0.1) is 0 Å². The molecule has 0 saturated carbocycles. The fourth-order valence-electron chi connectivity index (χ4n) is 0.761. The average molecular weight is 235 g/mol. The maximum atomic E-state index is 11.6. The van der Waals surface area contributed by atoms with Gasteiger partial charge in [-0.1, -0.05) is 0 Å². The van der Waals surface area contributed by atoms with E-state index < -0.39 is 27.4 Å². The summed E-state index contributed by atoms with van der Waals surface area (Å²) in [5.74, 6) is -1.84. The van der Waals surface area contributed by atoms with Crippen molar-refractivity contribution >= 4 is 22.7 Å². The normalized spacial score (nSPS) is 13.7. The minimum absolute atomic E-state index is 0.0394. The second-order valence-corrected chi connectivity index (χ2v) is 6.03. The van der Waals surface area contributed by atoms with Crippen LogP contribution in [0.25, 0.3) is 0 Å². The molecule has 0 aromatic carbocycles. The fraction of sp³-hybridized carbons (Fsp3) is 0.778. The third-order valence-corrected chi connectivity index (χ3v) is 3.63. The van der Waals surface area contributed by atoms with Crippen LogP contribution in [0.4, 0.5) is 0 Å². The minimum Gasteiger partial charge on any atom is -0.480 e. The van der Waals surface area contributed by atoms with Gasteiger partial charge >= 0.3 is 5.97 Å². The fourth-order valence-corrected chi connectivity index (χ4v) is 1.64. The summed E-state index contributed by atoms with van der Waals surface area (Å²) >= 11 is 0. The zero-order valence-electron chi connectivity index (χ0n) is 9.36. The van der Waals surface area contributed by atoms with E-state index in [9.17, 15) is 13.8 Å². The van der Waals surface area contributed by atoms with Crippen molar-refractivity contribution in [2.75, 3.05) is 5.75 Å². The van der Waals surface area contributed by atoms with Gasteiger partial charge in [0.2, 0.25) is 5.91 Å². The number of rotatable bonds is 5. The molecule has 15 heavy (non-hydrogen) atoms. The maximum Gasteiger partial charge on any atom is 0.321 e. The van der Waals surface area contributed by atoms with Crippen molar-refractivity contribution in [3.05, 3.63) is 0 Å². The summed E-state index contributed by atoms with van der Waals surface area (Å²) in [4.78, 5) is 22.0. The van der Waals surface area contributed by atoms with Gasteiger partial charge in [0.15, 0.2) is 0 Å². The van der Waals surface area contributed by atoms with Crippen molar-refractivity contribution in [3.63, 3.8) is 0 Å². The number of hydrogen-bond acceptors (Lipinski definition) is 3. The Kier molecular flexibility index (Phi) is 4.93. The molecule has 0 bridgehead atoms. The molecule has 0 aliphatic rings. The number of carbonyl (C=O) groups excluding carboxylic acids is 1. The van der Waals surface area contributed by atoms with Crippen LogP contribution in [-0.4, -0.2) is 37.7 Å². The summed E-state index contributed by atoms with van der Waals surface area (Å²) in [5.41, 5.74) is 0. The van der Waals surface area contributed by atoms with E-state index in [0.717, 1.165) is 0 Å². The van der Waals surface area contributed by atoms with Crippen LogP contribution in [0.5, 0.6) is 0 Å². The molecule has 88 valence electrons. The topological polar surface area (TPSA) is 83.5 Å². The molecule has 0 fully saturated rings. The molecule has 0 spiro atoms. The largest absolute Gasteiger partial charge is 0.480 e. The van der Waals surface area contributed by atoms with Crippen molar-refractivity contribution < 1.29 is 18.9 Å². The Balaban J connectivity index is 4.38. The number of aliphatic carboxylic acids is 1. The van der Waals surface area contributed by atoms with Crippen LogP contribution < -0.4 is 5.32 Å². The van der Waals surface area contributed by atoms with Gasteiger partial charge in [0.1, 0.15) is 10.5 Å². The molecule has 0 aromatic heterocycles. The molecule has 2 N–H and O–H groups in total. The first kappa shape index (κ1) is 14.1. The first-order valence-electron chi connectivity index (χ1n) is 4.59. The lowest BCUT2D eigenvalue weighted by atomic mass is 10.2. The summed E-state index contributed by atoms with van der Waals surface area (Å²) < 4.78 is 10.2. The predicted octanol–water partition coefficient (Wildman–Crippen LogP) is 0.123. The summed E-state index contributed by atoms with van der Waals surface area (Å²) in [6.07, 6.45) is 0. The molecular formula is C9H17NO4S. The van der Waals surface area contributed by atoms with E-state index in [-0.39, 0.29) is 11.8 Å². The van der Waals surface area contributed by atoms with Gasteiger partial charge in [-0.25, -0.2) is 0 Å². The van der Waals surface area contributed by atoms with Gasteiger partial charge in [-0.15, -0.1) is 0 Å². The van der Waals surface area contributed by atoms with E-state index in [1.807, 2.05) is 0 Å². The first-order chi connectivity index (χ1) is 6.67. The highest BCUT2D eigenvalue weighted by molar-refractivity contribution is 7.87. The third kappa shape index (κ3) is 4.42. The summed E-state index contributed by atoms with van der Waals surface area (Å²) in [6, 6.07) is -0.0394. The van der Waals surface area contributed by atoms with Crippen molar-refractivity contribution in [1.29, 1.82) is 0 Å². The standard InChI is InChI=1S/C9H17NO4S/c1-6(2)10-7(11)5-15(14)9(3,4)8(12)13/h6H,5H2,1-4H3,(H,10,11)(H,12,13). The number of carboxylic acids is 1. The van der Waals surface area contributed by atoms with Gasteiger partial charge in [0, 0.05) is 16.8 Å². The summed E-state index contributed by atoms with van der Waals surface area (Å²) in [6.45, 7) is 6.24. The zero-order valence-corrected chi connectivity index (χ0v) is 10.2. The average Bonchev–Trinajstić information content (AvgIpc) is 2.01. The monoisotopic (exact) mass is 235 g/mol. The number of nitrogens with one attached hydrogen (secondary N) is 1. The molecule has 6 heteroatoms. The van der Waals surface area contributed by atoms with Gasteiger partial charge < -0.3 is 10.4 Å². The zero-order chi connectivity index (χ0) is 12.2. The molecule has 1 amide bonds. The number of hydrogen-bond donors (Lipinski definition) is 2. The molecule has 1 unspecified atom stereocenters. The van der Waals surface area contributed by atoms with Crippen LogP contribution in [-0.2, 0) is 20.4 Å². The Morgan fingerprint density at radius 2 is 1.87 bits per heavy atom.